The second kappa shape index (κ2) is 4.84. The maximum Gasteiger partial charge on any atom is 0.223 e. The zero-order valence-electron chi connectivity index (χ0n) is 10.5. The molecule has 2 aromatic rings. The third-order valence-electron chi connectivity index (χ3n) is 2.44. The van der Waals surface area contributed by atoms with E-state index in [0.717, 1.165) is 5.69 Å². The van der Waals surface area contributed by atoms with E-state index >= 15 is 0 Å². The summed E-state index contributed by atoms with van der Waals surface area (Å²) < 4.78 is 4.91. The fraction of sp³-hybridized carbons (Fsp3) is 0.333. The Kier molecular flexibility index (Phi) is 3.24. The van der Waals surface area contributed by atoms with E-state index in [0.29, 0.717) is 29.6 Å². The summed E-state index contributed by atoms with van der Waals surface area (Å²) in [5.74, 6) is 1.72. The number of pyridine rings is 1. The maximum absolute atomic E-state index is 9.06. The minimum Gasteiger partial charge on any atom is -0.351 e. The molecule has 0 fully saturated rings. The van der Waals surface area contributed by atoms with Crippen molar-refractivity contribution < 1.29 is 4.52 Å². The lowest BCUT2D eigenvalue weighted by atomic mass is 10.2. The highest BCUT2D eigenvalue weighted by atomic mass is 16.5. The summed E-state index contributed by atoms with van der Waals surface area (Å²) in [6.07, 6.45) is 0. The average Bonchev–Trinajstić information content (AvgIpc) is 2.74. The van der Waals surface area contributed by atoms with Crippen molar-refractivity contribution in [1.29, 1.82) is 5.26 Å². The number of nitrogens with zero attached hydrogens (tertiary/aromatic N) is 5. The van der Waals surface area contributed by atoms with Gasteiger partial charge >= 0.3 is 0 Å². The molecule has 2 aromatic heterocycles. The molecule has 0 atom stereocenters. The van der Waals surface area contributed by atoms with Gasteiger partial charge in [-0.15, -0.1) is 0 Å². The van der Waals surface area contributed by atoms with Crippen LogP contribution in [0.15, 0.2) is 16.7 Å². The average molecular weight is 243 g/mol. The lowest BCUT2D eigenvalue weighted by Crippen LogP contribution is -2.20. The van der Waals surface area contributed by atoms with Gasteiger partial charge in [-0.1, -0.05) is 5.16 Å². The second-order valence-electron chi connectivity index (χ2n) is 4.02. The van der Waals surface area contributed by atoms with E-state index in [4.69, 9.17) is 9.78 Å². The first-order chi connectivity index (χ1) is 8.60. The molecular weight excluding hydrogens is 230 g/mol. The molecule has 0 N–H and O–H groups in total. The van der Waals surface area contributed by atoms with Crippen molar-refractivity contribution in [3.05, 3.63) is 35.1 Å². The van der Waals surface area contributed by atoms with Gasteiger partial charge in [0.2, 0.25) is 5.89 Å². The van der Waals surface area contributed by atoms with E-state index < -0.39 is 0 Å². The summed E-state index contributed by atoms with van der Waals surface area (Å²) in [7, 11) is 1.84. The molecule has 0 aromatic carbocycles. The van der Waals surface area contributed by atoms with Crippen molar-refractivity contribution in [2.45, 2.75) is 20.4 Å². The minimum atomic E-state index is 0.447. The molecule has 92 valence electrons. The first-order valence-corrected chi connectivity index (χ1v) is 5.48. The number of hydrogen-bond donors (Lipinski definition) is 0. The van der Waals surface area contributed by atoms with E-state index in [1.165, 1.54) is 0 Å². The highest BCUT2D eigenvalue weighted by molar-refractivity contribution is 5.53. The molecule has 0 spiro atoms. The minimum absolute atomic E-state index is 0.447. The number of anilines is 1. The zero-order chi connectivity index (χ0) is 13.1. The molecular formula is C12H13N5O. The summed E-state index contributed by atoms with van der Waals surface area (Å²) in [5.41, 5.74) is 1.39. The van der Waals surface area contributed by atoms with Crippen LogP contribution < -0.4 is 4.90 Å². The van der Waals surface area contributed by atoms with Crippen LogP contribution in [0.25, 0.3) is 0 Å². The van der Waals surface area contributed by atoms with Crippen LogP contribution in [0.1, 0.15) is 23.0 Å². The molecule has 18 heavy (non-hydrogen) atoms. The number of nitriles is 1. The zero-order valence-corrected chi connectivity index (χ0v) is 10.5. The predicted molar refractivity (Wildman–Crippen MR) is 64.8 cm³/mol. The van der Waals surface area contributed by atoms with Gasteiger partial charge < -0.3 is 9.42 Å². The quantitative estimate of drug-likeness (QED) is 0.814. The first kappa shape index (κ1) is 12.0. The molecule has 0 saturated carbocycles. The highest BCUT2D eigenvalue weighted by Crippen LogP contribution is 2.17. The normalized spacial score (nSPS) is 10.1. The van der Waals surface area contributed by atoms with Gasteiger partial charge in [0.25, 0.3) is 0 Å². The van der Waals surface area contributed by atoms with E-state index in [-0.39, 0.29) is 0 Å². The van der Waals surface area contributed by atoms with Crippen molar-refractivity contribution in [3.63, 3.8) is 0 Å². The lowest BCUT2D eigenvalue weighted by molar-refractivity contribution is 0.387. The number of rotatable bonds is 3. The Morgan fingerprint density at radius 3 is 2.72 bits per heavy atom. The summed E-state index contributed by atoms with van der Waals surface area (Å²) in [6, 6.07) is 5.70. The molecule has 0 bridgehead atoms. The molecule has 0 radical (unpaired) electrons. The first-order valence-electron chi connectivity index (χ1n) is 5.48. The molecule has 0 amide bonds. The fourth-order valence-electron chi connectivity index (χ4n) is 1.61. The van der Waals surface area contributed by atoms with Gasteiger partial charge in [0.15, 0.2) is 5.82 Å². The van der Waals surface area contributed by atoms with E-state index in [1.54, 1.807) is 13.0 Å². The third kappa shape index (κ3) is 2.46. The Morgan fingerprint density at radius 1 is 1.33 bits per heavy atom. The van der Waals surface area contributed by atoms with Crippen LogP contribution in [0.3, 0.4) is 0 Å². The monoisotopic (exact) mass is 243 g/mol. The van der Waals surface area contributed by atoms with Gasteiger partial charge in [-0.05, 0) is 19.1 Å². The molecule has 0 aliphatic carbocycles. The van der Waals surface area contributed by atoms with Crippen molar-refractivity contribution in [2.75, 3.05) is 11.9 Å². The lowest BCUT2D eigenvalue weighted by Gasteiger charge is -2.17. The Balaban J connectivity index is 2.26. The van der Waals surface area contributed by atoms with Gasteiger partial charge in [0, 0.05) is 19.7 Å². The van der Waals surface area contributed by atoms with Gasteiger partial charge in [0.1, 0.15) is 11.9 Å². The van der Waals surface area contributed by atoms with Crippen LogP contribution in [0.4, 0.5) is 5.82 Å². The van der Waals surface area contributed by atoms with Crippen molar-refractivity contribution in [2.24, 2.45) is 0 Å². The summed E-state index contributed by atoms with van der Waals surface area (Å²) in [5, 5.41) is 12.9. The number of aromatic nitrogens is 3. The Hall–Kier alpha value is -2.42. The van der Waals surface area contributed by atoms with Gasteiger partial charge in [-0.3, -0.25) is 0 Å². The molecule has 0 unspecified atom stereocenters. The molecule has 0 aliphatic heterocycles. The summed E-state index contributed by atoms with van der Waals surface area (Å²) in [4.78, 5) is 10.3. The smallest absolute Gasteiger partial charge is 0.223 e. The van der Waals surface area contributed by atoms with Crippen LogP contribution in [0.5, 0.6) is 0 Å². The highest BCUT2D eigenvalue weighted by Gasteiger charge is 2.12. The van der Waals surface area contributed by atoms with Gasteiger partial charge in [0.05, 0.1) is 12.1 Å². The van der Waals surface area contributed by atoms with Crippen LogP contribution in [0.2, 0.25) is 0 Å². The van der Waals surface area contributed by atoms with Crippen molar-refractivity contribution in [1.82, 2.24) is 15.1 Å². The summed E-state index contributed by atoms with van der Waals surface area (Å²) in [6.45, 7) is 4.07. The predicted octanol–water partition coefficient (Wildman–Crippen LogP) is 1.59. The summed E-state index contributed by atoms with van der Waals surface area (Å²) >= 11 is 0. The molecule has 0 saturated heterocycles. The van der Waals surface area contributed by atoms with Gasteiger partial charge in [-0.25, -0.2) is 4.98 Å². The SMILES string of the molecule is Cc1ccc(C#N)c(N(C)Cc2noc(C)n2)n1. The Labute approximate surface area is 105 Å². The third-order valence-corrected chi connectivity index (χ3v) is 2.44. The standard InChI is InChI=1S/C12H13N5O/c1-8-4-5-10(6-13)12(14-8)17(3)7-11-15-9(2)18-16-11/h4-5H,7H2,1-3H3. The van der Waals surface area contributed by atoms with Crippen LogP contribution in [-0.2, 0) is 6.54 Å². The molecule has 6 heteroatoms. The number of aryl methyl sites for hydroxylation is 2. The molecule has 0 aliphatic rings. The maximum atomic E-state index is 9.06. The second-order valence-corrected chi connectivity index (χ2v) is 4.02. The number of hydrogen-bond acceptors (Lipinski definition) is 6. The molecule has 6 nitrogen and oxygen atoms in total. The molecule has 2 heterocycles. The Morgan fingerprint density at radius 2 is 2.11 bits per heavy atom. The van der Waals surface area contributed by atoms with E-state index in [1.807, 2.05) is 24.9 Å². The Bertz CT molecular complexity index is 599. The van der Waals surface area contributed by atoms with Crippen LogP contribution in [-0.4, -0.2) is 22.2 Å². The van der Waals surface area contributed by atoms with Crippen LogP contribution in [0, 0.1) is 25.2 Å². The van der Waals surface area contributed by atoms with E-state index in [9.17, 15) is 0 Å². The van der Waals surface area contributed by atoms with Crippen molar-refractivity contribution in [3.8, 4) is 6.07 Å². The largest absolute Gasteiger partial charge is 0.351 e. The van der Waals surface area contributed by atoms with Crippen molar-refractivity contribution >= 4 is 5.82 Å². The van der Waals surface area contributed by atoms with Gasteiger partial charge in [-0.2, -0.15) is 10.2 Å². The van der Waals surface area contributed by atoms with Crippen LogP contribution >= 0.6 is 0 Å². The molecule has 2 rings (SSSR count). The van der Waals surface area contributed by atoms with E-state index in [2.05, 4.69) is 21.2 Å². The topological polar surface area (TPSA) is 78.8 Å². The fourth-order valence-corrected chi connectivity index (χ4v) is 1.61.